The van der Waals surface area contributed by atoms with Crippen LogP contribution in [0.2, 0.25) is 10.0 Å². The molecule has 1 aliphatic rings. The number of carbonyl (C=O) groups excluding carboxylic acids is 2. The van der Waals surface area contributed by atoms with Crippen LogP contribution in [0, 0.1) is 0 Å². The van der Waals surface area contributed by atoms with Crippen LogP contribution in [0.5, 0.6) is 0 Å². The van der Waals surface area contributed by atoms with Crippen molar-refractivity contribution in [2.75, 3.05) is 10.8 Å². The third-order valence-corrected chi connectivity index (χ3v) is 11.1. The van der Waals surface area contributed by atoms with Gasteiger partial charge in [-0.05, 0) is 60.7 Å². The van der Waals surface area contributed by atoms with Crippen LogP contribution < -0.4 is 9.62 Å². The number of halogens is 2. The molecule has 0 heterocycles. The highest BCUT2D eigenvalue weighted by atomic mass is 35.5. The number of aryl methyl sites for hydroxylation is 1. The molecule has 4 aromatic carbocycles. The first-order chi connectivity index (χ1) is 22.7. The Labute approximate surface area is 287 Å². The lowest BCUT2D eigenvalue weighted by atomic mass is 10.0. The maximum Gasteiger partial charge on any atom is 0.264 e. The van der Waals surface area contributed by atoms with Gasteiger partial charge in [-0.2, -0.15) is 0 Å². The minimum atomic E-state index is -4.19. The van der Waals surface area contributed by atoms with E-state index >= 15 is 0 Å². The standard InChI is InChI=1S/C37H39Cl2N3O4S/c1-2-28-16-9-12-23-34(28)42(47(45,46)30-19-7-4-8-20-30)26-36(43)41(25-31-32(38)21-13-22-33(31)39)35(24-27-14-5-3-6-15-27)37(44)40-29-17-10-11-18-29/h3-9,12-16,19-23,29,35H,2,10-11,17-18,24-26H2,1H3,(H,40,44)/t35-/m0/s1. The zero-order chi connectivity index (χ0) is 33.4. The van der Waals surface area contributed by atoms with E-state index in [1.54, 1.807) is 48.5 Å². The Kier molecular flexibility index (Phi) is 11.6. The molecule has 1 atom stereocenters. The number of hydrogen-bond donors (Lipinski definition) is 1. The van der Waals surface area contributed by atoms with E-state index in [4.69, 9.17) is 23.2 Å². The van der Waals surface area contributed by atoms with Crippen LogP contribution in [0.4, 0.5) is 5.69 Å². The summed E-state index contributed by atoms with van der Waals surface area (Å²) < 4.78 is 29.7. The van der Waals surface area contributed by atoms with Crippen LogP contribution >= 0.6 is 23.2 Å². The number of benzene rings is 4. The number of carbonyl (C=O) groups is 2. The van der Waals surface area contributed by atoms with E-state index in [0.717, 1.165) is 41.1 Å². The Bertz CT molecular complexity index is 1760. The van der Waals surface area contributed by atoms with Gasteiger partial charge in [0.05, 0.1) is 10.6 Å². The molecule has 0 bridgehead atoms. The third kappa shape index (κ3) is 8.36. The van der Waals surface area contributed by atoms with Crippen molar-refractivity contribution in [3.8, 4) is 0 Å². The lowest BCUT2D eigenvalue weighted by Gasteiger charge is -2.35. The monoisotopic (exact) mass is 691 g/mol. The van der Waals surface area contributed by atoms with E-state index < -0.39 is 28.5 Å². The molecule has 10 heteroatoms. The minimum absolute atomic E-state index is 0.00742. The van der Waals surface area contributed by atoms with E-state index in [1.165, 1.54) is 17.0 Å². The highest BCUT2D eigenvalue weighted by molar-refractivity contribution is 7.92. The van der Waals surface area contributed by atoms with Gasteiger partial charge in [-0.1, -0.05) is 116 Å². The molecule has 5 rings (SSSR count). The molecule has 246 valence electrons. The number of para-hydroxylation sites is 1. The number of sulfonamides is 1. The summed E-state index contributed by atoms with van der Waals surface area (Å²) in [5.41, 5.74) is 2.49. The van der Waals surface area contributed by atoms with Gasteiger partial charge in [0.1, 0.15) is 12.6 Å². The number of amides is 2. The summed E-state index contributed by atoms with van der Waals surface area (Å²) in [6, 6.07) is 28.8. The largest absolute Gasteiger partial charge is 0.352 e. The predicted octanol–water partition coefficient (Wildman–Crippen LogP) is 7.45. The van der Waals surface area contributed by atoms with Gasteiger partial charge in [-0.3, -0.25) is 13.9 Å². The zero-order valence-electron chi connectivity index (χ0n) is 26.3. The zero-order valence-corrected chi connectivity index (χ0v) is 28.6. The van der Waals surface area contributed by atoms with Crippen molar-refractivity contribution < 1.29 is 18.0 Å². The summed E-state index contributed by atoms with van der Waals surface area (Å²) in [7, 11) is -4.19. The molecule has 0 saturated heterocycles. The molecular weight excluding hydrogens is 653 g/mol. The summed E-state index contributed by atoms with van der Waals surface area (Å²) in [6.45, 7) is 1.29. The Morgan fingerprint density at radius 3 is 2.06 bits per heavy atom. The molecule has 0 radical (unpaired) electrons. The first-order valence-corrected chi connectivity index (χ1v) is 18.1. The fourth-order valence-corrected chi connectivity index (χ4v) is 8.05. The first-order valence-electron chi connectivity index (χ1n) is 15.9. The normalized spacial score (nSPS) is 14.0. The Hall–Kier alpha value is -3.85. The summed E-state index contributed by atoms with van der Waals surface area (Å²) in [4.78, 5) is 30.4. The quantitative estimate of drug-likeness (QED) is 0.158. The molecule has 7 nitrogen and oxygen atoms in total. The van der Waals surface area contributed by atoms with Crippen LogP contribution in [0.3, 0.4) is 0 Å². The van der Waals surface area contributed by atoms with Crippen molar-refractivity contribution in [3.05, 3.63) is 130 Å². The fourth-order valence-electron chi connectivity index (χ4n) is 6.06. The average Bonchev–Trinajstić information content (AvgIpc) is 3.60. The van der Waals surface area contributed by atoms with Crippen LogP contribution in [0.25, 0.3) is 0 Å². The lowest BCUT2D eigenvalue weighted by molar-refractivity contribution is -0.140. The van der Waals surface area contributed by atoms with E-state index in [9.17, 15) is 18.0 Å². The molecule has 1 aliphatic carbocycles. The number of hydrogen-bond acceptors (Lipinski definition) is 4. The maximum absolute atomic E-state index is 14.8. The SMILES string of the molecule is CCc1ccccc1N(CC(=O)N(Cc1c(Cl)cccc1Cl)[C@@H](Cc1ccccc1)C(=O)NC1CCCC1)S(=O)(=O)c1ccccc1. The summed E-state index contributed by atoms with van der Waals surface area (Å²) >= 11 is 13.2. The molecule has 1 saturated carbocycles. The maximum atomic E-state index is 14.8. The highest BCUT2D eigenvalue weighted by Crippen LogP contribution is 2.31. The number of rotatable bonds is 13. The number of nitrogens with zero attached hydrogens (tertiary/aromatic N) is 2. The second-order valence-corrected chi connectivity index (χ2v) is 14.4. The average molecular weight is 693 g/mol. The molecule has 0 spiro atoms. The second kappa shape index (κ2) is 15.8. The Morgan fingerprint density at radius 2 is 1.43 bits per heavy atom. The van der Waals surface area contributed by atoms with Crippen molar-refractivity contribution in [2.24, 2.45) is 0 Å². The summed E-state index contributed by atoms with van der Waals surface area (Å²) in [5.74, 6) is -0.863. The van der Waals surface area contributed by atoms with Gasteiger partial charge >= 0.3 is 0 Å². The Morgan fingerprint density at radius 1 is 0.830 bits per heavy atom. The van der Waals surface area contributed by atoms with Crippen molar-refractivity contribution in [1.82, 2.24) is 10.2 Å². The van der Waals surface area contributed by atoms with Crippen molar-refractivity contribution >= 4 is 50.7 Å². The van der Waals surface area contributed by atoms with Gasteiger partial charge in [0.2, 0.25) is 11.8 Å². The van der Waals surface area contributed by atoms with E-state index in [1.807, 2.05) is 49.4 Å². The van der Waals surface area contributed by atoms with Crippen molar-refractivity contribution in [3.63, 3.8) is 0 Å². The third-order valence-electron chi connectivity index (χ3n) is 8.61. The van der Waals surface area contributed by atoms with Crippen molar-refractivity contribution in [2.45, 2.75) is 69.0 Å². The Balaban J connectivity index is 1.61. The van der Waals surface area contributed by atoms with Gasteiger partial charge in [0.25, 0.3) is 10.0 Å². The van der Waals surface area contributed by atoms with Gasteiger partial charge in [0, 0.05) is 34.6 Å². The van der Waals surface area contributed by atoms with Gasteiger partial charge in [-0.25, -0.2) is 8.42 Å². The highest BCUT2D eigenvalue weighted by Gasteiger charge is 2.36. The number of nitrogens with one attached hydrogen (secondary N) is 1. The molecule has 1 fully saturated rings. The topological polar surface area (TPSA) is 86.8 Å². The van der Waals surface area contributed by atoms with Gasteiger partial charge in [-0.15, -0.1) is 0 Å². The first kappa shape index (κ1) is 34.5. The summed E-state index contributed by atoms with van der Waals surface area (Å²) in [6.07, 6.45) is 4.54. The lowest BCUT2D eigenvalue weighted by Crippen LogP contribution is -2.54. The van der Waals surface area contributed by atoms with Crippen LogP contribution in [-0.4, -0.2) is 43.8 Å². The van der Waals surface area contributed by atoms with Gasteiger partial charge < -0.3 is 10.2 Å². The molecule has 0 unspecified atom stereocenters. The number of anilines is 1. The minimum Gasteiger partial charge on any atom is -0.352 e. The van der Waals surface area contributed by atoms with E-state index in [0.29, 0.717) is 27.7 Å². The van der Waals surface area contributed by atoms with Crippen LogP contribution in [0.1, 0.15) is 49.3 Å². The second-order valence-electron chi connectivity index (χ2n) is 11.7. The van der Waals surface area contributed by atoms with Crippen molar-refractivity contribution in [1.29, 1.82) is 0 Å². The molecule has 4 aromatic rings. The molecular formula is C37H39Cl2N3O4S. The van der Waals surface area contributed by atoms with Crippen LogP contribution in [-0.2, 0) is 39.0 Å². The molecule has 47 heavy (non-hydrogen) atoms. The smallest absolute Gasteiger partial charge is 0.264 e. The fraction of sp³-hybridized carbons (Fsp3) is 0.297. The molecule has 0 aliphatic heterocycles. The summed E-state index contributed by atoms with van der Waals surface area (Å²) in [5, 5.41) is 3.86. The van der Waals surface area contributed by atoms with E-state index in [-0.39, 0.29) is 29.8 Å². The van der Waals surface area contributed by atoms with Gasteiger partial charge in [0.15, 0.2) is 0 Å². The molecule has 0 aromatic heterocycles. The molecule has 2 amide bonds. The predicted molar refractivity (Wildman–Crippen MR) is 188 cm³/mol. The van der Waals surface area contributed by atoms with Crippen LogP contribution in [0.15, 0.2) is 108 Å². The van der Waals surface area contributed by atoms with E-state index in [2.05, 4.69) is 5.32 Å². The molecule has 1 N–H and O–H groups in total.